The van der Waals surface area contributed by atoms with E-state index in [2.05, 4.69) is 20.1 Å². The number of nitriles is 1. The van der Waals surface area contributed by atoms with Gasteiger partial charge in [0.15, 0.2) is 11.5 Å². The average molecular weight is 179 g/mol. The molecule has 0 bridgehead atoms. The van der Waals surface area contributed by atoms with Crippen LogP contribution in [-0.4, -0.2) is 22.1 Å². The molecular formula is C6H5N5O2. The monoisotopic (exact) mass is 179 g/mol. The van der Waals surface area contributed by atoms with Crippen molar-refractivity contribution < 1.29 is 9.47 Å². The van der Waals surface area contributed by atoms with Crippen molar-refractivity contribution in [1.82, 2.24) is 10.3 Å². The van der Waals surface area contributed by atoms with Gasteiger partial charge in [0.05, 0.1) is 0 Å². The minimum absolute atomic E-state index is 0.154. The number of hydrogen-bond donors (Lipinski definition) is 1. The summed E-state index contributed by atoms with van der Waals surface area (Å²) in [6.45, 7) is 0. The van der Waals surface area contributed by atoms with Crippen LogP contribution in [0.5, 0.6) is 0 Å². The van der Waals surface area contributed by atoms with Crippen LogP contribution in [0.3, 0.4) is 0 Å². The first kappa shape index (κ1) is 7.54. The van der Waals surface area contributed by atoms with Gasteiger partial charge in [0.1, 0.15) is 11.8 Å². The van der Waals surface area contributed by atoms with Crippen molar-refractivity contribution in [1.29, 1.82) is 5.26 Å². The highest BCUT2D eigenvalue weighted by atomic mass is 16.6. The summed E-state index contributed by atoms with van der Waals surface area (Å²) in [4.78, 5) is 4.76. The van der Waals surface area contributed by atoms with Crippen LogP contribution in [-0.2, 0) is 4.84 Å². The highest BCUT2D eigenvalue weighted by molar-refractivity contribution is 6.02. The van der Waals surface area contributed by atoms with Crippen LogP contribution < -0.4 is 5.73 Å². The third kappa shape index (κ3) is 1.18. The lowest BCUT2D eigenvalue weighted by Crippen LogP contribution is -2.07. The Labute approximate surface area is 72.7 Å². The van der Waals surface area contributed by atoms with Crippen molar-refractivity contribution >= 4 is 11.5 Å². The minimum atomic E-state index is -0.564. The lowest BCUT2D eigenvalue weighted by atomic mass is 10.1. The van der Waals surface area contributed by atoms with Crippen LogP contribution in [0.15, 0.2) is 9.78 Å². The Morgan fingerprint density at radius 3 is 2.92 bits per heavy atom. The quantitative estimate of drug-likeness (QED) is 0.631. The standard InChI is InChI=1S/C6H5N5O2/c7-2-3-1-4(9-12-3)5-6(8)11-13-10-5/h3H,1H2,(H2,8,11). The molecule has 1 atom stereocenters. The van der Waals surface area contributed by atoms with Gasteiger partial charge in [-0.1, -0.05) is 5.16 Å². The number of nitrogens with two attached hydrogens (primary N) is 1. The first-order valence-corrected chi connectivity index (χ1v) is 3.52. The number of rotatable bonds is 1. The highest BCUT2D eigenvalue weighted by Gasteiger charge is 2.25. The Bertz CT molecular complexity index is 390. The lowest BCUT2D eigenvalue weighted by molar-refractivity contribution is 0.125. The van der Waals surface area contributed by atoms with E-state index in [1.807, 2.05) is 6.07 Å². The molecule has 7 heteroatoms. The van der Waals surface area contributed by atoms with E-state index in [1.165, 1.54) is 0 Å². The summed E-state index contributed by atoms with van der Waals surface area (Å²) in [5.41, 5.74) is 6.26. The first-order chi connectivity index (χ1) is 6.31. The van der Waals surface area contributed by atoms with Gasteiger partial charge in [0, 0.05) is 6.42 Å². The second-order valence-corrected chi connectivity index (χ2v) is 2.46. The summed E-state index contributed by atoms with van der Waals surface area (Å²) >= 11 is 0. The molecule has 66 valence electrons. The number of oxime groups is 1. The lowest BCUT2D eigenvalue weighted by Gasteiger charge is -1.91. The van der Waals surface area contributed by atoms with E-state index in [0.29, 0.717) is 17.8 Å². The van der Waals surface area contributed by atoms with E-state index in [-0.39, 0.29) is 5.82 Å². The van der Waals surface area contributed by atoms with Crippen molar-refractivity contribution in [2.24, 2.45) is 5.16 Å². The number of hydrogen-bond acceptors (Lipinski definition) is 7. The molecule has 1 unspecified atom stereocenters. The number of nitrogens with zero attached hydrogens (tertiary/aromatic N) is 4. The predicted molar refractivity (Wildman–Crippen MR) is 40.4 cm³/mol. The van der Waals surface area contributed by atoms with Crippen molar-refractivity contribution in [2.75, 3.05) is 5.73 Å². The van der Waals surface area contributed by atoms with Crippen LogP contribution >= 0.6 is 0 Å². The van der Waals surface area contributed by atoms with E-state index in [0.717, 1.165) is 0 Å². The Kier molecular flexibility index (Phi) is 1.59. The van der Waals surface area contributed by atoms with Crippen LogP contribution in [0.1, 0.15) is 12.1 Å². The van der Waals surface area contributed by atoms with Crippen LogP contribution in [0.4, 0.5) is 5.82 Å². The van der Waals surface area contributed by atoms with Crippen molar-refractivity contribution in [3.63, 3.8) is 0 Å². The van der Waals surface area contributed by atoms with Gasteiger partial charge in [0.25, 0.3) is 0 Å². The van der Waals surface area contributed by atoms with Gasteiger partial charge in [-0.25, -0.2) is 4.63 Å². The Morgan fingerprint density at radius 2 is 2.38 bits per heavy atom. The number of nitrogen functional groups attached to an aromatic ring is 1. The molecule has 1 aromatic rings. The van der Waals surface area contributed by atoms with Gasteiger partial charge >= 0.3 is 0 Å². The molecule has 0 fully saturated rings. The molecule has 7 nitrogen and oxygen atoms in total. The third-order valence-corrected chi connectivity index (χ3v) is 1.60. The van der Waals surface area contributed by atoms with E-state index in [1.54, 1.807) is 0 Å². The molecule has 0 spiro atoms. The molecule has 0 aromatic carbocycles. The molecule has 0 radical (unpaired) electrons. The van der Waals surface area contributed by atoms with Gasteiger partial charge in [0.2, 0.25) is 6.10 Å². The molecule has 1 aliphatic rings. The molecule has 1 aromatic heterocycles. The molecule has 0 aliphatic carbocycles. The van der Waals surface area contributed by atoms with Crippen molar-refractivity contribution in [2.45, 2.75) is 12.5 Å². The predicted octanol–water partition coefficient (Wildman–Crippen LogP) is -0.332. The van der Waals surface area contributed by atoms with Crippen LogP contribution in [0, 0.1) is 11.3 Å². The molecule has 2 heterocycles. The molecule has 2 N–H and O–H groups in total. The van der Waals surface area contributed by atoms with E-state index < -0.39 is 6.10 Å². The highest BCUT2D eigenvalue weighted by Crippen LogP contribution is 2.17. The Morgan fingerprint density at radius 1 is 1.54 bits per heavy atom. The molecule has 0 amide bonds. The van der Waals surface area contributed by atoms with Gasteiger partial charge in [-0.3, -0.25) is 0 Å². The largest absolute Gasteiger partial charge is 0.379 e. The van der Waals surface area contributed by atoms with Gasteiger partial charge in [-0.15, -0.1) is 0 Å². The maximum Gasteiger partial charge on any atom is 0.218 e. The average Bonchev–Trinajstić information content (AvgIpc) is 2.71. The Balaban J connectivity index is 2.22. The van der Waals surface area contributed by atoms with E-state index in [4.69, 9.17) is 15.8 Å². The molecule has 0 saturated carbocycles. The van der Waals surface area contributed by atoms with Gasteiger partial charge < -0.3 is 10.6 Å². The summed E-state index contributed by atoms with van der Waals surface area (Å²) in [5, 5.41) is 19.1. The van der Waals surface area contributed by atoms with Gasteiger partial charge in [-0.05, 0) is 10.3 Å². The Hall–Kier alpha value is -2.10. The molecular weight excluding hydrogens is 174 g/mol. The summed E-state index contributed by atoms with van der Waals surface area (Å²) in [6, 6.07) is 1.92. The van der Waals surface area contributed by atoms with Crippen molar-refractivity contribution in [3.8, 4) is 6.07 Å². The minimum Gasteiger partial charge on any atom is -0.379 e. The number of anilines is 1. The number of aromatic nitrogens is 2. The van der Waals surface area contributed by atoms with E-state index >= 15 is 0 Å². The van der Waals surface area contributed by atoms with Crippen LogP contribution in [0.25, 0.3) is 0 Å². The molecule has 13 heavy (non-hydrogen) atoms. The fourth-order valence-electron chi connectivity index (χ4n) is 0.982. The summed E-state index contributed by atoms with van der Waals surface area (Å²) < 4.78 is 4.38. The molecule has 0 saturated heterocycles. The maximum absolute atomic E-state index is 8.51. The smallest absolute Gasteiger partial charge is 0.218 e. The molecule has 1 aliphatic heterocycles. The van der Waals surface area contributed by atoms with E-state index in [9.17, 15) is 0 Å². The first-order valence-electron chi connectivity index (χ1n) is 3.52. The fraction of sp³-hybridized carbons (Fsp3) is 0.333. The van der Waals surface area contributed by atoms with Gasteiger partial charge in [-0.2, -0.15) is 5.26 Å². The second kappa shape index (κ2) is 2.75. The zero-order chi connectivity index (χ0) is 9.26. The summed E-state index contributed by atoms with van der Waals surface area (Å²) in [7, 11) is 0. The topological polar surface area (TPSA) is 110 Å². The molecule has 2 rings (SSSR count). The van der Waals surface area contributed by atoms with Crippen LogP contribution in [0.2, 0.25) is 0 Å². The second-order valence-electron chi connectivity index (χ2n) is 2.46. The van der Waals surface area contributed by atoms with Crippen molar-refractivity contribution in [3.05, 3.63) is 5.69 Å². The summed E-state index contributed by atoms with van der Waals surface area (Å²) in [5.74, 6) is 0.154. The SMILES string of the molecule is N#CC1CC(c2nonc2N)=NO1. The third-order valence-electron chi connectivity index (χ3n) is 1.60. The maximum atomic E-state index is 8.51. The summed E-state index contributed by atoms with van der Waals surface area (Å²) in [6.07, 6.45) is -0.208. The fourth-order valence-corrected chi connectivity index (χ4v) is 0.982. The zero-order valence-corrected chi connectivity index (χ0v) is 6.47. The normalized spacial score (nSPS) is 20.5. The zero-order valence-electron chi connectivity index (χ0n) is 6.47.